The van der Waals surface area contributed by atoms with Crippen molar-refractivity contribution < 1.29 is 14.6 Å². The molecule has 2 rings (SSSR count). The van der Waals surface area contributed by atoms with Crippen LogP contribution >= 0.6 is 0 Å². The third kappa shape index (κ3) is 3.31. The number of hydrogen-bond acceptors (Lipinski definition) is 4. The van der Waals surface area contributed by atoms with Gasteiger partial charge in [-0.15, -0.1) is 0 Å². The monoisotopic (exact) mass is 239 g/mol. The number of furan rings is 1. The van der Waals surface area contributed by atoms with E-state index in [1.807, 2.05) is 19.1 Å². The second-order valence-corrected chi connectivity index (χ2v) is 5.34. The van der Waals surface area contributed by atoms with Crippen molar-refractivity contribution in [3.8, 4) is 0 Å². The smallest absolute Gasteiger partial charge is 0.117 e. The predicted molar refractivity (Wildman–Crippen MR) is 64.4 cm³/mol. The maximum Gasteiger partial charge on any atom is 0.117 e. The van der Waals surface area contributed by atoms with E-state index in [1.165, 1.54) is 12.8 Å². The quantitative estimate of drug-likeness (QED) is 0.751. The van der Waals surface area contributed by atoms with Gasteiger partial charge < -0.3 is 14.6 Å². The van der Waals surface area contributed by atoms with Crippen LogP contribution in [0, 0.1) is 5.41 Å². The molecule has 0 radical (unpaired) electrons. The van der Waals surface area contributed by atoms with Crippen molar-refractivity contribution in [1.82, 2.24) is 4.90 Å². The van der Waals surface area contributed by atoms with Gasteiger partial charge in [0.15, 0.2) is 0 Å². The lowest BCUT2D eigenvalue weighted by Crippen LogP contribution is -2.41. The summed E-state index contributed by atoms with van der Waals surface area (Å²) in [5.41, 5.74) is -0.435. The Morgan fingerprint density at radius 3 is 2.59 bits per heavy atom. The fourth-order valence-electron chi connectivity index (χ4n) is 2.00. The van der Waals surface area contributed by atoms with Gasteiger partial charge in [-0.3, -0.25) is 4.90 Å². The zero-order valence-corrected chi connectivity index (χ0v) is 10.3. The van der Waals surface area contributed by atoms with Gasteiger partial charge in [-0.05, 0) is 25.0 Å². The predicted octanol–water partition coefficient (Wildman–Crippen LogP) is 1.23. The second kappa shape index (κ2) is 5.21. The van der Waals surface area contributed by atoms with E-state index in [9.17, 15) is 10.2 Å². The first kappa shape index (κ1) is 12.6. The van der Waals surface area contributed by atoms with E-state index >= 15 is 0 Å². The summed E-state index contributed by atoms with van der Waals surface area (Å²) in [5, 5.41) is 18.7. The Labute approximate surface area is 102 Å². The summed E-state index contributed by atoms with van der Waals surface area (Å²) in [4.78, 5) is 2.30. The second-order valence-electron chi connectivity index (χ2n) is 5.34. The molecule has 0 atom stereocenters. The Hall–Kier alpha value is -0.840. The Morgan fingerprint density at radius 2 is 2.12 bits per heavy atom. The molecular weight excluding hydrogens is 218 g/mol. The van der Waals surface area contributed by atoms with Gasteiger partial charge in [0.25, 0.3) is 0 Å². The zero-order valence-electron chi connectivity index (χ0n) is 10.3. The van der Waals surface area contributed by atoms with Crippen LogP contribution in [0.1, 0.15) is 25.5 Å². The molecule has 17 heavy (non-hydrogen) atoms. The third-order valence-electron chi connectivity index (χ3n) is 3.35. The van der Waals surface area contributed by atoms with E-state index < -0.39 is 5.41 Å². The number of rotatable bonds is 7. The number of nitrogens with zero attached hydrogens (tertiary/aromatic N) is 1. The fraction of sp³-hybridized carbons (Fsp3) is 0.692. The molecule has 4 nitrogen and oxygen atoms in total. The Kier molecular flexibility index (Phi) is 3.86. The SMILES string of the molecule is CC(CO)(CO)CN(Cc1ccco1)C1CC1. The molecular formula is C13H21NO3. The van der Waals surface area contributed by atoms with Gasteiger partial charge in [-0.25, -0.2) is 0 Å². The molecule has 1 saturated carbocycles. The van der Waals surface area contributed by atoms with Crippen molar-refractivity contribution in [3.05, 3.63) is 24.2 Å². The topological polar surface area (TPSA) is 56.8 Å². The molecule has 2 N–H and O–H groups in total. The summed E-state index contributed by atoms with van der Waals surface area (Å²) in [6.45, 7) is 3.37. The Balaban J connectivity index is 1.97. The molecule has 96 valence electrons. The minimum absolute atomic E-state index is 0.00484. The average Bonchev–Trinajstić information content (AvgIpc) is 3.07. The standard InChI is InChI=1S/C13H21NO3/c1-13(9-15,10-16)8-14(11-4-5-11)7-12-3-2-6-17-12/h2-3,6,11,15-16H,4-5,7-10H2,1H3. The molecule has 1 heterocycles. The normalized spacial score (nSPS) is 16.7. The van der Waals surface area contributed by atoms with Gasteiger partial charge >= 0.3 is 0 Å². The highest BCUT2D eigenvalue weighted by atomic mass is 16.3. The van der Waals surface area contributed by atoms with Gasteiger partial charge in [-0.1, -0.05) is 6.92 Å². The average molecular weight is 239 g/mol. The molecule has 0 saturated heterocycles. The van der Waals surface area contributed by atoms with Crippen molar-refractivity contribution in [2.75, 3.05) is 19.8 Å². The largest absolute Gasteiger partial charge is 0.468 e. The molecule has 0 bridgehead atoms. The van der Waals surface area contributed by atoms with E-state index in [4.69, 9.17) is 4.42 Å². The zero-order chi connectivity index (χ0) is 12.3. The van der Waals surface area contributed by atoms with E-state index in [0.717, 1.165) is 12.3 Å². The van der Waals surface area contributed by atoms with Crippen LogP contribution in [-0.4, -0.2) is 40.9 Å². The third-order valence-corrected chi connectivity index (χ3v) is 3.35. The maximum absolute atomic E-state index is 9.35. The maximum atomic E-state index is 9.35. The molecule has 4 heteroatoms. The summed E-state index contributed by atoms with van der Waals surface area (Å²) >= 11 is 0. The number of hydrogen-bond donors (Lipinski definition) is 2. The van der Waals surface area contributed by atoms with Crippen LogP contribution in [-0.2, 0) is 6.54 Å². The van der Waals surface area contributed by atoms with Crippen molar-refractivity contribution in [3.63, 3.8) is 0 Å². The summed E-state index contributed by atoms with van der Waals surface area (Å²) in [5.74, 6) is 0.940. The van der Waals surface area contributed by atoms with E-state index in [2.05, 4.69) is 4.90 Å². The van der Waals surface area contributed by atoms with Crippen LogP contribution in [0.5, 0.6) is 0 Å². The molecule has 0 spiro atoms. The fourth-order valence-corrected chi connectivity index (χ4v) is 2.00. The summed E-state index contributed by atoms with van der Waals surface area (Å²) < 4.78 is 5.36. The lowest BCUT2D eigenvalue weighted by molar-refractivity contribution is 0.0282. The molecule has 1 aromatic heterocycles. The first-order chi connectivity index (χ1) is 8.17. The first-order valence-corrected chi connectivity index (χ1v) is 6.15. The molecule has 1 aliphatic rings. The van der Waals surface area contributed by atoms with Crippen LogP contribution in [0.3, 0.4) is 0 Å². The highest BCUT2D eigenvalue weighted by Gasteiger charge is 2.34. The van der Waals surface area contributed by atoms with Gasteiger partial charge in [-0.2, -0.15) is 0 Å². The number of aliphatic hydroxyl groups excluding tert-OH is 2. The van der Waals surface area contributed by atoms with Gasteiger partial charge in [0, 0.05) is 18.0 Å². The highest BCUT2D eigenvalue weighted by molar-refractivity contribution is 5.00. The van der Waals surface area contributed by atoms with E-state index in [0.29, 0.717) is 12.6 Å². The Morgan fingerprint density at radius 1 is 1.41 bits per heavy atom. The van der Waals surface area contributed by atoms with Crippen LogP contribution in [0.25, 0.3) is 0 Å². The minimum atomic E-state index is -0.435. The van der Waals surface area contributed by atoms with Gasteiger partial charge in [0.2, 0.25) is 0 Å². The van der Waals surface area contributed by atoms with Crippen LogP contribution in [0.4, 0.5) is 0 Å². The van der Waals surface area contributed by atoms with Crippen LogP contribution in [0.2, 0.25) is 0 Å². The molecule has 0 unspecified atom stereocenters. The van der Waals surface area contributed by atoms with Crippen LogP contribution < -0.4 is 0 Å². The molecule has 1 aliphatic carbocycles. The molecule has 0 aliphatic heterocycles. The van der Waals surface area contributed by atoms with Crippen molar-refractivity contribution in [2.24, 2.45) is 5.41 Å². The first-order valence-electron chi connectivity index (χ1n) is 6.15. The molecule has 1 fully saturated rings. The number of aliphatic hydroxyl groups is 2. The minimum Gasteiger partial charge on any atom is -0.468 e. The van der Waals surface area contributed by atoms with Crippen LogP contribution in [0.15, 0.2) is 22.8 Å². The van der Waals surface area contributed by atoms with E-state index in [1.54, 1.807) is 6.26 Å². The summed E-state index contributed by atoms with van der Waals surface area (Å²) in [6.07, 6.45) is 4.08. The van der Waals surface area contributed by atoms with Crippen molar-refractivity contribution >= 4 is 0 Å². The van der Waals surface area contributed by atoms with Gasteiger partial charge in [0.1, 0.15) is 5.76 Å². The lowest BCUT2D eigenvalue weighted by atomic mass is 9.92. The summed E-state index contributed by atoms with van der Waals surface area (Å²) in [7, 11) is 0. The highest BCUT2D eigenvalue weighted by Crippen LogP contribution is 2.31. The molecule has 0 amide bonds. The molecule has 0 aromatic carbocycles. The van der Waals surface area contributed by atoms with Crippen molar-refractivity contribution in [1.29, 1.82) is 0 Å². The Bertz CT molecular complexity index is 328. The summed E-state index contributed by atoms with van der Waals surface area (Å²) in [6, 6.07) is 4.43. The molecule has 1 aromatic rings. The lowest BCUT2D eigenvalue weighted by Gasteiger charge is -2.32. The van der Waals surface area contributed by atoms with Crippen molar-refractivity contribution in [2.45, 2.75) is 32.4 Å². The van der Waals surface area contributed by atoms with Gasteiger partial charge in [0.05, 0.1) is 26.0 Å². The van der Waals surface area contributed by atoms with E-state index in [-0.39, 0.29) is 13.2 Å².